The van der Waals surface area contributed by atoms with E-state index in [0.717, 1.165) is 12.8 Å². The second kappa shape index (κ2) is 4.72. The molecule has 2 amide bonds. The molecule has 2 saturated carbocycles. The summed E-state index contributed by atoms with van der Waals surface area (Å²) in [6.07, 6.45) is 5.32. The standard InChI is InChI=1S/C17H28N2O2/c1-5-6-12-14(21)19(10-13(20)18-12)15-16(2,3)11-7-8-17(15,4)9-11/h11-12,15H,5-10H2,1-4H3,(H,18,20). The Morgan fingerprint density at radius 1 is 1.29 bits per heavy atom. The first-order valence-electron chi connectivity index (χ1n) is 8.39. The summed E-state index contributed by atoms with van der Waals surface area (Å²) in [5.41, 5.74) is 0.315. The molecule has 1 aliphatic heterocycles. The molecule has 4 atom stereocenters. The summed E-state index contributed by atoms with van der Waals surface area (Å²) in [6, 6.07) is -0.101. The molecule has 2 bridgehead atoms. The van der Waals surface area contributed by atoms with E-state index in [1.807, 2.05) is 4.90 Å². The van der Waals surface area contributed by atoms with Crippen LogP contribution in [-0.2, 0) is 9.59 Å². The largest absolute Gasteiger partial charge is 0.343 e. The highest BCUT2D eigenvalue weighted by atomic mass is 16.2. The minimum absolute atomic E-state index is 0.00947. The van der Waals surface area contributed by atoms with Gasteiger partial charge in [-0.05, 0) is 42.4 Å². The lowest BCUT2D eigenvalue weighted by atomic mass is 9.67. The van der Waals surface area contributed by atoms with Gasteiger partial charge in [-0.25, -0.2) is 0 Å². The van der Waals surface area contributed by atoms with Gasteiger partial charge >= 0.3 is 0 Å². The summed E-state index contributed by atoms with van der Waals surface area (Å²) in [7, 11) is 0. The predicted octanol–water partition coefficient (Wildman–Crippen LogP) is 2.33. The van der Waals surface area contributed by atoms with Crippen molar-refractivity contribution in [2.45, 2.75) is 71.9 Å². The minimum Gasteiger partial charge on any atom is -0.343 e. The minimum atomic E-state index is -0.310. The Hall–Kier alpha value is -1.06. The maximum Gasteiger partial charge on any atom is 0.245 e. The van der Waals surface area contributed by atoms with Gasteiger partial charge in [0.1, 0.15) is 6.04 Å². The second-order valence-corrected chi connectivity index (χ2v) is 8.19. The van der Waals surface area contributed by atoms with Crippen LogP contribution in [0.15, 0.2) is 0 Å². The number of nitrogens with one attached hydrogen (secondary N) is 1. The highest BCUT2D eigenvalue weighted by Gasteiger charge is 2.62. The fourth-order valence-corrected chi connectivity index (χ4v) is 5.49. The molecule has 0 aromatic rings. The van der Waals surface area contributed by atoms with Crippen LogP contribution in [0.5, 0.6) is 0 Å². The van der Waals surface area contributed by atoms with Gasteiger partial charge < -0.3 is 10.2 Å². The van der Waals surface area contributed by atoms with Crippen LogP contribution in [0.2, 0.25) is 0 Å². The van der Waals surface area contributed by atoms with Gasteiger partial charge in [-0.1, -0.05) is 34.1 Å². The molecule has 0 radical (unpaired) electrons. The Labute approximate surface area is 127 Å². The molecule has 3 fully saturated rings. The Bertz CT molecular complexity index is 469. The third-order valence-electron chi connectivity index (χ3n) is 6.31. The van der Waals surface area contributed by atoms with Crippen molar-refractivity contribution in [2.75, 3.05) is 6.54 Å². The lowest BCUT2D eigenvalue weighted by molar-refractivity contribution is -0.153. The van der Waals surface area contributed by atoms with Crippen LogP contribution in [0.25, 0.3) is 0 Å². The summed E-state index contributed by atoms with van der Waals surface area (Å²) in [5.74, 6) is 0.841. The third kappa shape index (κ3) is 2.09. The fraction of sp³-hybridized carbons (Fsp3) is 0.882. The lowest BCUT2D eigenvalue weighted by Crippen LogP contribution is -2.65. The van der Waals surface area contributed by atoms with Crippen molar-refractivity contribution in [3.8, 4) is 0 Å². The molecule has 0 aromatic heterocycles. The maximum absolute atomic E-state index is 12.9. The Morgan fingerprint density at radius 3 is 2.57 bits per heavy atom. The van der Waals surface area contributed by atoms with E-state index in [2.05, 4.69) is 33.0 Å². The van der Waals surface area contributed by atoms with Crippen molar-refractivity contribution < 1.29 is 9.59 Å². The van der Waals surface area contributed by atoms with Gasteiger partial charge in [0.2, 0.25) is 11.8 Å². The van der Waals surface area contributed by atoms with Gasteiger partial charge in [0, 0.05) is 6.04 Å². The zero-order valence-corrected chi connectivity index (χ0v) is 13.7. The monoisotopic (exact) mass is 292 g/mol. The van der Waals surface area contributed by atoms with E-state index in [-0.39, 0.29) is 41.3 Å². The van der Waals surface area contributed by atoms with Gasteiger partial charge in [-0.3, -0.25) is 9.59 Å². The number of nitrogens with zero attached hydrogens (tertiary/aromatic N) is 1. The van der Waals surface area contributed by atoms with Crippen molar-refractivity contribution in [1.29, 1.82) is 0 Å². The molecule has 118 valence electrons. The molecule has 3 aliphatic rings. The molecule has 0 aromatic carbocycles. The van der Waals surface area contributed by atoms with E-state index in [9.17, 15) is 9.59 Å². The Kier molecular flexibility index (Phi) is 3.34. The summed E-state index contributed by atoms with van der Waals surface area (Å²) in [5, 5.41) is 2.87. The van der Waals surface area contributed by atoms with Crippen LogP contribution in [0, 0.1) is 16.7 Å². The molecule has 3 rings (SSSR count). The zero-order chi connectivity index (χ0) is 15.4. The zero-order valence-electron chi connectivity index (χ0n) is 13.7. The lowest BCUT2D eigenvalue weighted by Gasteiger charge is -2.50. The number of carbonyl (C=O) groups excluding carboxylic acids is 2. The second-order valence-electron chi connectivity index (χ2n) is 8.19. The van der Waals surface area contributed by atoms with E-state index < -0.39 is 0 Å². The van der Waals surface area contributed by atoms with E-state index in [0.29, 0.717) is 5.92 Å². The van der Waals surface area contributed by atoms with Gasteiger partial charge in [0.05, 0.1) is 6.54 Å². The van der Waals surface area contributed by atoms with Crippen LogP contribution in [0.4, 0.5) is 0 Å². The molecule has 4 unspecified atom stereocenters. The van der Waals surface area contributed by atoms with Crippen LogP contribution in [-0.4, -0.2) is 35.3 Å². The number of fused-ring (bicyclic) bond motifs is 2. The molecule has 4 heteroatoms. The SMILES string of the molecule is CCCC1NC(=O)CN(C2C3(C)CCC(C3)C2(C)C)C1=O. The number of carbonyl (C=O) groups is 2. The van der Waals surface area contributed by atoms with Crippen molar-refractivity contribution >= 4 is 11.8 Å². The normalized spacial score (nSPS) is 41.5. The average molecular weight is 292 g/mol. The van der Waals surface area contributed by atoms with Gasteiger partial charge in [0.15, 0.2) is 0 Å². The Balaban J connectivity index is 1.91. The highest BCUT2D eigenvalue weighted by molar-refractivity contribution is 5.95. The number of rotatable bonds is 3. The Morgan fingerprint density at radius 2 is 2.00 bits per heavy atom. The van der Waals surface area contributed by atoms with Gasteiger partial charge in [0.25, 0.3) is 0 Å². The van der Waals surface area contributed by atoms with Crippen LogP contribution < -0.4 is 5.32 Å². The van der Waals surface area contributed by atoms with Crippen LogP contribution in [0.1, 0.15) is 59.8 Å². The molecule has 2 aliphatic carbocycles. The average Bonchev–Trinajstić information content (AvgIpc) is 2.86. The molecule has 0 spiro atoms. The van der Waals surface area contributed by atoms with E-state index in [4.69, 9.17) is 0 Å². The summed E-state index contributed by atoms with van der Waals surface area (Å²) in [6.45, 7) is 9.21. The molecule has 1 saturated heterocycles. The third-order valence-corrected chi connectivity index (χ3v) is 6.31. The molecule has 1 N–H and O–H groups in total. The summed E-state index contributed by atoms with van der Waals surface area (Å²) in [4.78, 5) is 26.9. The molecular weight excluding hydrogens is 264 g/mol. The molecular formula is C17H28N2O2. The smallest absolute Gasteiger partial charge is 0.245 e. The van der Waals surface area contributed by atoms with E-state index in [1.165, 1.54) is 19.3 Å². The first-order chi connectivity index (χ1) is 9.79. The molecule has 4 nitrogen and oxygen atoms in total. The van der Waals surface area contributed by atoms with Crippen LogP contribution in [0.3, 0.4) is 0 Å². The van der Waals surface area contributed by atoms with Crippen molar-refractivity contribution in [2.24, 2.45) is 16.7 Å². The molecule has 21 heavy (non-hydrogen) atoms. The topological polar surface area (TPSA) is 49.4 Å². The van der Waals surface area contributed by atoms with E-state index in [1.54, 1.807) is 0 Å². The van der Waals surface area contributed by atoms with Crippen molar-refractivity contribution in [3.05, 3.63) is 0 Å². The number of piperazine rings is 1. The number of amides is 2. The van der Waals surface area contributed by atoms with Crippen molar-refractivity contribution in [3.63, 3.8) is 0 Å². The van der Waals surface area contributed by atoms with Gasteiger partial charge in [-0.15, -0.1) is 0 Å². The maximum atomic E-state index is 12.9. The predicted molar refractivity (Wildman–Crippen MR) is 81.6 cm³/mol. The quantitative estimate of drug-likeness (QED) is 0.868. The molecule has 1 heterocycles. The summed E-state index contributed by atoms with van der Waals surface area (Å²) < 4.78 is 0. The van der Waals surface area contributed by atoms with Crippen LogP contribution >= 0.6 is 0 Å². The fourth-order valence-electron chi connectivity index (χ4n) is 5.49. The summed E-state index contributed by atoms with van der Waals surface area (Å²) >= 11 is 0. The highest BCUT2D eigenvalue weighted by Crippen LogP contribution is 2.64. The first-order valence-corrected chi connectivity index (χ1v) is 8.39. The van der Waals surface area contributed by atoms with E-state index >= 15 is 0 Å². The van der Waals surface area contributed by atoms with Gasteiger partial charge in [-0.2, -0.15) is 0 Å². The first kappa shape index (κ1) is 14.9. The number of hydrogen-bond acceptors (Lipinski definition) is 2. The van der Waals surface area contributed by atoms with Crippen molar-refractivity contribution in [1.82, 2.24) is 10.2 Å². The number of hydrogen-bond donors (Lipinski definition) is 1.